The molecule has 1 saturated heterocycles. The first-order chi connectivity index (χ1) is 8.83. The molecule has 3 nitrogen and oxygen atoms in total. The predicted octanol–water partition coefficient (Wildman–Crippen LogP) is 3.05. The number of hydrogen-bond donors (Lipinski definition) is 1. The Bertz CT molecular complexity index is 277. The largest absolute Gasteiger partial charge is 0.338 e. The van der Waals surface area contributed by atoms with E-state index in [-0.39, 0.29) is 0 Å². The highest BCUT2D eigenvalue weighted by Gasteiger charge is 2.27. The molecule has 1 aliphatic heterocycles. The van der Waals surface area contributed by atoms with Gasteiger partial charge in [-0.3, -0.25) is 4.79 Å². The van der Waals surface area contributed by atoms with E-state index in [2.05, 4.69) is 44.8 Å². The molecule has 1 heterocycles. The second-order valence-corrected chi connectivity index (χ2v) is 7.31. The maximum absolute atomic E-state index is 12.5. The van der Waals surface area contributed by atoms with Gasteiger partial charge in [-0.15, -0.1) is 0 Å². The van der Waals surface area contributed by atoms with E-state index in [9.17, 15) is 4.79 Å². The number of hydrogen-bond acceptors (Lipinski definition) is 2. The Balaban J connectivity index is 2.51. The lowest BCUT2D eigenvalue weighted by Crippen LogP contribution is -2.42. The van der Waals surface area contributed by atoms with E-state index in [1.807, 2.05) is 0 Å². The Kier molecular flexibility index (Phi) is 6.31. The number of nitrogens with zero attached hydrogens (tertiary/aromatic N) is 1. The van der Waals surface area contributed by atoms with Gasteiger partial charge in [0.15, 0.2) is 0 Å². The smallest absolute Gasteiger partial charge is 0.223 e. The molecule has 0 aromatic carbocycles. The van der Waals surface area contributed by atoms with Crippen molar-refractivity contribution in [2.24, 2.45) is 11.3 Å². The first-order valence-corrected chi connectivity index (χ1v) is 7.83. The van der Waals surface area contributed by atoms with Gasteiger partial charge < -0.3 is 10.2 Å². The number of carbonyl (C=O) groups excluding carboxylic acids is 1. The van der Waals surface area contributed by atoms with Crippen LogP contribution in [0.25, 0.3) is 0 Å². The van der Waals surface area contributed by atoms with Gasteiger partial charge in [-0.2, -0.15) is 0 Å². The summed E-state index contributed by atoms with van der Waals surface area (Å²) in [5.41, 5.74) is 0.310. The van der Waals surface area contributed by atoms with Crippen molar-refractivity contribution in [3.8, 4) is 0 Å². The molecule has 1 amide bonds. The molecule has 112 valence electrons. The van der Waals surface area contributed by atoms with Gasteiger partial charge in [0, 0.05) is 25.6 Å². The summed E-state index contributed by atoms with van der Waals surface area (Å²) >= 11 is 0. The fourth-order valence-electron chi connectivity index (χ4n) is 3.19. The van der Waals surface area contributed by atoms with Crippen molar-refractivity contribution in [3.05, 3.63) is 0 Å². The Morgan fingerprint density at radius 1 is 1.42 bits per heavy atom. The Morgan fingerprint density at radius 2 is 2.11 bits per heavy atom. The van der Waals surface area contributed by atoms with Gasteiger partial charge in [0.25, 0.3) is 0 Å². The summed E-state index contributed by atoms with van der Waals surface area (Å²) in [6.45, 7) is 14.0. The summed E-state index contributed by atoms with van der Waals surface area (Å²) in [5, 5.41) is 3.36. The summed E-state index contributed by atoms with van der Waals surface area (Å²) in [5.74, 6) is 0.827. The standard InChI is InChI=1S/C16H32N2O/c1-6-9-18(14-7-8-17-12-14)15(19)10-13(2)11-16(3,4)5/h13-14,17H,6-12H2,1-5H3. The number of nitrogens with one attached hydrogen (secondary N) is 1. The third-order valence-corrected chi connectivity index (χ3v) is 3.74. The lowest BCUT2D eigenvalue weighted by molar-refractivity contribution is -0.134. The summed E-state index contributed by atoms with van der Waals surface area (Å²) in [6.07, 6.45) is 3.98. The zero-order valence-electron chi connectivity index (χ0n) is 13.5. The molecule has 1 aliphatic rings. The number of amides is 1. The first-order valence-electron chi connectivity index (χ1n) is 7.83. The Hall–Kier alpha value is -0.570. The maximum Gasteiger partial charge on any atom is 0.223 e. The van der Waals surface area contributed by atoms with Crippen molar-refractivity contribution in [1.82, 2.24) is 10.2 Å². The second-order valence-electron chi connectivity index (χ2n) is 7.31. The molecule has 0 spiro atoms. The van der Waals surface area contributed by atoms with Gasteiger partial charge in [-0.1, -0.05) is 34.6 Å². The van der Waals surface area contributed by atoms with Gasteiger partial charge in [-0.05, 0) is 37.1 Å². The molecule has 0 bridgehead atoms. The fourth-order valence-corrected chi connectivity index (χ4v) is 3.19. The van der Waals surface area contributed by atoms with Crippen molar-refractivity contribution in [2.75, 3.05) is 19.6 Å². The summed E-state index contributed by atoms with van der Waals surface area (Å²) in [7, 11) is 0. The van der Waals surface area contributed by atoms with Crippen LogP contribution in [0.1, 0.15) is 60.3 Å². The van der Waals surface area contributed by atoms with Crippen molar-refractivity contribution < 1.29 is 4.79 Å². The van der Waals surface area contributed by atoms with Gasteiger partial charge in [0.1, 0.15) is 0 Å². The second kappa shape index (κ2) is 7.28. The van der Waals surface area contributed by atoms with Crippen LogP contribution in [0.15, 0.2) is 0 Å². The summed E-state index contributed by atoms with van der Waals surface area (Å²) < 4.78 is 0. The Labute approximate surface area is 119 Å². The van der Waals surface area contributed by atoms with E-state index in [0.29, 0.717) is 29.7 Å². The molecule has 19 heavy (non-hydrogen) atoms. The number of rotatable bonds is 6. The Morgan fingerprint density at radius 3 is 2.58 bits per heavy atom. The zero-order valence-corrected chi connectivity index (χ0v) is 13.5. The quantitative estimate of drug-likeness (QED) is 0.803. The van der Waals surface area contributed by atoms with Crippen LogP contribution in [0, 0.1) is 11.3 Å². The molecule has 0 aliphatic carbocycles. The average molecular weight is 268 g/mol. The van der Waals surface area contributed by atoms with Gasteiger partial charge in [0.2, 0.25) is 5.91 Å². The molecule has 0 aromatic rings. The van der Waals surface area contributed by atoms with Crippen LogP contribution in [0.5, 0.6) is 0 Å². The minimum atomic E-state index is 0.310. The van der Waals surface area contributed by atoms with Crippen LogP contribution in [0.3, 0.4) is 0 Å². The fraction of sp³-hybridized carbons (Fsp3) is 0.938. The highest BCUT2D eigenvalue weighted by Crippen LogP contribution is 2.26. The van der Waals surface area contributed by atoms with E-state index < -0.39 is 0 Å². The molecular formula is C16H32N2O. The van der Waals surface area contributed by atoms with Crippen molar-refractivity contribution in [3.63, 3.8) is 0 Å². The van der Waals surface area contributed by atoms with E-state index in [1.54, 1.807) is 0 Å². The molecule has 2 atom stereocenters. The van der Waals surface area contributed by atoms with E-state index in [1.165, 1.54) is 0 Å². The molecule has 0 radical (unpaired) electrons. The minimum Gasteiger partial charge on any atom is -0.338 e. The van der Waals surface area contributed by atoms with Gasteiger partial charge >= 0.3 is 0 Å². The van der Waals surface area contributed by atoms with E-state index >= 15 is 0 Å². The summed E-state index contributed by atoms with van der Waals surface area (Å²) in [4.78, 5) is 14.6. The van der Waals surface area contributed by atoms with Crippen LogP contribution in [0.2, 0.25) is 0 Å². The molecule has 1 fully saturated rings. The van der Waals surface area contributed by atoms with Crippen LogP contribution in [-0.4, -0.2) is 36.5 Å². The van der Waals surface area contributed by atoms with Gasteiger partial charge in [0.05, 0.1) is 0 Å². The van der Waals surface area contributed by atoms with Gasteiger partial charge in [-0.25, -0.2) is 0 Å². The van der Waals surface area contributed by atoms with Crippen molar-refractivity contribution >= 4 is 5.91 Å². The molecule has 1 N–H and O–H groups in total. The molecule has 1 rings (SSSR count). The third-order valence-electron chi connectivity index (χ3n) is 3.74. The first kappa shape index (κ1) is 16.5. The molecular weight excluding hydrogens is 236 g/mol. The van der Waals surface area contributed by atoms with Crippen LogP contribution >= 0.6 is 0 Å². The topological polar surface area (TPSA) is 32.3 Å². The van der Waals surface area contributed by atoms with E-state index in [4.69, 9.17) is 0 Å². The number of carbonyl (C=O) groups is 1. The SMILES string of the molecule is CCCN(C(=O)CC(C)CC(C)(C)C)C1CCNC1. The highest BCUT2D eigenvalue weighted by atomic mass is 16.2. The molecule has 0 saturated carbocycles. The lowest BCUT2D eigenvalue weighted by atomic mass is 9.84. The van der Waals surface area contributed by atoms with E-state index in [0.717, 1.165) is 38.9 Å². The minimum absolute atomic E-state index is 0.310. The highest BCUT2D eigenvalue weighted by molar-refractivity contribution is 5.76. The van der Waals surface area contributed by atoms with Crippen molar-refractivity contribution in [2.45, 2.75) is 66.3 Å². The average Bonchev–Trinajstić information content (AvgIpc) is 2.75. The zero-order chi connectivity index (χ0) is 14.5. The van der Waals surface area contributed by atoms with Crippen molar-refractivity contribution in [1.29, 1.82) is 0 Å². The normalized spacial score (nSPS) is 21.4. The predicted molar refractivity (Wildman–Crippen MR) is 81.1 cm³/mol. The van der Waals surface area contributed by atoms with Crippen LogP contribution in [0.4, 0.5) is 0 Å². The lowest BCUT2D eigenvalue weighted by Gasteiger charge is -2.30. The van der Waals surface area contributed by atoms with Crippen LogP contribution in [-0.2, 0) is 4.79 Å². The summed E-state index contributed by atoms with van der Waals surface area (Å²) in [6, 6.07) is 0.425. The molecule has 0 aromatic heterocycles. The third kappa shape index (κ3) is 5.94. The molecule has 2 unspecified atom stereocenters. The maximum atomic E-state index is 12.5. The monoisotopic (exact) mass is 268 g/mol. The molecule has 3 heteroatoms. The van der Waals surface area contributed by atoms with Crippen LogP contribution < -0.4 is 5.32 Å².